The van der Waals surface area contributed by atoms with Crippen molar-refractivity contribution >= 4 is 33.9 Å². The Morgan fingerprint density at radius 2 is 2.00 bits per heavy atom. The van der Waals surface area contributed by atoms with Crippen LogP contribution < -0.4 is 16.1 Å². The van der Waals surface area contributed by atoms with E-state index >= 15 is 0 Å². The summed E-state index contributed by atoms with van der Waals surface area (Å²) in [6, 6.07) is 5.92. The Morgan fingerprint density at radius 3 is 2.60 bits per heavy atom. The molecular formula is C19H24BrN3O7. The number of hydroxylamine groups is 1. The van der Waals surface area contributed by atoms with Crippen LogP contribution in [0.5, 0.6) is 0 Å². The second-order valence-corrected chi connectivity index (χ2v) is 6.99. The zero-order valence-corrected chi connectivity index (χ0v) is 17.8. The van der Waals surface area contributed by atoms with E-state index in [0.29, 0.717) is 10.2 Å². The number of hydrogen-bond acceptors (Lipinski definition) is 8. The number of ether oxygens (including phenoxy) is 2. The topological polar surface area (TPSA) is 135 Å². The number of benzene rings is 1. The molecule has 1 aromatic carbocycles. The van der Waals surface area contributed by atoms with Crippen molar-refractivity contribution in [2.45, 2.75) is 38.1 Å². The van der Waals surface area contributed by atoms with Gasteiger partial charge in [-0.3, -0.25) is 15.1 Å². The van der Waals surface area contributed by atoms with Crippen LogP contribution in [0.15, 0.2) is 41.0 Å². The van der Waals surface area contributed by atoms with E-state index in [1.807, 2.05) is 0 Å². The summed E-state index contributed by atoms with van der Waals surface area (Å²) < 4.78 is 18.4. The lowest BCUT2D eigenvalue weighted by molar-refractivity contribution is -0.148. The van der Waals surface area contributed by atoms with Crippen LogP contribution >= 0.6 is 15.9 Å². The molecule has 4 atom stereocenters. The standard InChI is InChI=1S/C19H24BrN3O7/c1-2-28-18(26)15(10-24)21-17(25)14(8-13-9-16(20)23-30-13)22-19(27)29-11-12-6-4-3-5-7-12/h3-7,9,13-15,23-24H,2,8,10-11H2,1H3,(H,21,25)(H,22,27)/t13?,14-,15-/m0/s1/i11D/t11?,13?,14-,15-. The molecule has 2 unspecified atom stereocenters. The number of amides is 2. The Labute approximate surface area is 183 Å². The van der Waals surface area contributed by atoms with E-state index in [9.17, 15) is 19.5 Å². The molecule has 2 amide bonds. The lowest BCUT2D eigenvalue weighted by Gasteiger charge is -2.22. The van der Waals surface area contributed by atoms with E-state index in [4.69, 9.17) is 15.7 Å². The van der Waals surface area contributed by atoms with E-state index in [2.05, 4.69) is 32.0 Å². The van der Waals surface area contributed by atoms with Crippen molar-refractivity contribution in [2.24, 2.45) is 0 Å². The van der Waals surface area contributed by atoms with Crippen molar-refractivity contribution < 1.29 is 35.2 Å². The van der Waals surface area contributed by atoms with Crippen LogP contribution in [-0.2, 0) is 30.5 Å². The normalized spacial score (nSPS) is 18.7. The fourth-order valence-corrected chi connectivity index (χ4v) is 2.86. The molecule has 2 rings (SSSR count). The maximum absolute atomic E-state index is 12.7. The highest BCUT2D eigenvalue weighted by molar-refractivity contribution is 9.11. The number of halogens is 1. The highest BCUT2D eigenvalue weighted by Gasteiger charge is 2.31. The Morgan fingerprint density at radius 1 is 1.27 bits per heavy atom. The fraction of sp³-hybridized carbons (Fsp3) is 0.421. The van der Waals surface area contributed by atoms with Crippen LogP contribution in [0, 0.1) is 0 Å². The van der Waals surface area contributed by atoms with Crippen molar-refractivity contribution in [1.82, 2.24) is 16.1 Å². The first kappa shape index (κ1) is 22.1. The number of rotatable bonds is 10. The molecule has 0 spiro atoms. The quantitative estimate of drug-likeness (QED) is 0.282. The van der Waals surface area contributed by atoms with Crippen LogP contribution in [0.4, 0.5) is 4.79 Å². The van der Waals surface area contributed by atoms with E-state index in [1.54, 1.807) is 43.3 Å². The third-order valence-corrected chi connectivity index (χ3v) is 4.31. The number of alkyl carbamates (subject to hydrolysis) is 1. The number of carbonyl (C=O) groups is 3. The predicted molar refractivity (Wildman–Crippen MR) is 109 cm³/mol. The summed E-state index contributed by atoms with van der Waals surface area (Å²) in [7, 11) is 0. The number of carbonyl (C=O) groups excluding carboxylic acids is 3. The third kappa shape index (κ3) is 7.65. The lowest BCUT2D eigenvalue weighted by Crippen LogP contribution is -2.54. The van der Waals surface area contributed by atoms with E-state index in [0.717, 1.165) is 0 Å². The average Bonchev–Trinajstić information content (AvgIpc) is 3.16. The molecule has 30 heavy (non-hydrogen) atoms. The molecule has 0 saturated carbocycles. The fourth-order valence-electron chi connectivity index (χ4n) is 2.47. The number of esters is 1. The summed E-state index contributed by atoms with van der Waals surface area (Å²) in [5.74, 6) is -1.57. The van der Waals surface area contributed by atoms with Gasteiger partial charge in [0.25, 0.3) is 0 Å². The predicted octanol–water partition coefficient (Wildman–Crippen LogP) is 0.851. The first-order valence-electron chi connectivity index (χ1n) is 9.73. The van der Waals surface area contributed by atoms with Gasteiger partial charge in [-0.1, -0.05) is 30.3 Å². The highest BCUT2D eigenvalue weighted by atomic mass is 79.9. The van der Waals surface area contributed by atoms with Crippen molar-refractivity contribution in [2.75, 3.05) is 13.2 Å². The first-order valence-corrected chi connectivity index (χ1v) is 9.94. The van der Waals surface area contributed by atoms with Gasteiger partial charge in [-0.2, -0.15) is 0 Å². The van der Waals surface area contributed by atoms with Gasteiger partial charge in [-0.05, 0) is 34.5 Å². The molecule has 10 nitrogen and oxygen atoms in total. The highest BCUT2D eigenvalue weighted by Crippen LogP contribution is 2.16. The van der Waals surface area contributed by atoms with Gasteiger partial charge < -0.3 is 25.2 Å². The molecule has 0 aliphatic carbocycles. The van der Waals surface area contributed by atoms with Gasteiger partial charge in [-0.25, -0.2) is 9.59 Å². The Balaban J connectivity index is 2.05. The molecule has 11 heteroatoms. The summed E-state index contributed by atoms with van der Waals surface area (Å²) in [5.41, 5.74) is 3.02. The molecule has 0 bridgehead atoms. The molecule has 1 aliphatic heterocycles. The minimum absolute atomic E-state index is 0.0159. The van der Waals surface area contributed by atoms with Crippen molar-refractivity contribution in [3.63, 3.8) is 0 Å². The molecule has 1 aromatic rings. The van der Waals surface area contributed by atoms with Crippen LogP contribution in [0.2, 0.25) is 0 Å². The number of aliphatic hydroxyl groups is 1. The maximum Gasteiger partial charge on any atom is 0.408 e. The molecule has 0 aromatic heterocycles. The molecule has 1 heterocycles. The Kier molecular flexibility index (Phi) is 8.94. The van der Waals surface area contributed by atoms with Gasteiger partial charge in [0.05, 0.1) is 14.6 Å². The summed E-state index contributed by atoms with van der Waals surface area (Å²) in [5, 5.41) is 14.1. The van der Waals surface area contributed by atoms with Gasteiger partial charge in [0, 0.05) is 6.42 Å². The molecule has 0 saturated heterocycles. The van der Waals surface area contributed by atoms with Crippen molar-refractivity contribution in [3.05, 3.63) is 46.6 Å². The van der Waals surface area contributed by atoms with Gasteiger partial charge >= 0.3 is 12.1 Å². The van der Waals surface area contributed by atoms with Crippen LogP contribution in [0.1, 0.15) is 20.3 Å². The second kappa shape index (κ2) is 12.2. The second-order valence-electron chi connectivity index (χ2n) is 6.14. The molecule has 0 fully saturated rings. The summed E-state index contributed by atoms with van der Waals surface area (Å²) in [6.45, 7) is -0.317. The Hall–Kier alpha value is -2.63. The summed E-state index contributed by atoms with van der Waals surface area (Å²) in [4.78, 5) is 42.2. The van der Waals surface area contributed by atoms with Crippen LogP contribution in [-0.4, -0.2) is 54.5 Å². The number of aliphatic hydroxyl groups excluding tert-OH is 1. The van der Waals surface area contributed by atoms with E-state index < -0.39 is 49.3 Å². The summed E-state index contributed by atoms with van der Waals surface area (Å²) >= 11 is 3.20. The number of hydrogen-bond donors (Lipinski definition) is 4. The van der Waals surface area contributed by atoms with E-state index in [1.165, 1.54) is 0 Å². The van der Waals surface area contributed by atoms with Gasteiger partial charge in [0.2, 0.25) is 5.91 Å². The zero-order valence-electron chi connectivity index (χ0n) is 17.2. The average molecular weight is 487 g/mol. The van der Waals surface area contributed by atoms with Gasteiger partial charge in [0.1, 0.15) is 23.3 Å². The third-order valence-electron chi connectivity index (χ3n) is 3.89. The van der Waals surface area contributed by atoms with Gasteiger partial charge in [-0.15, -0.1) is 0 Å². The molecular weight excluding hydrogens is 462 g/mol. The monoisotopic (exact) mass is 486 g/mol. The molecule has 1 aliphatic rings. The molecule has 164 valence electrons. The zero-order chi connectivity index (χ0) is 22.8. The molecule has 4 N–H and O–H groups in total. The smallest absolute Gasteiger partial charge is 0.408 e. The summed E-state index contributed by atoms with van der Waals surface area (Å²) in [6.07, 6.45) is 0.0356. The minimum Gasteiger partial charge on any atom is -0.464 e. The van der Waals surface area contributed by atoms with Crippen LogP contribution in [0.25, 0.3) is 0 Å². The van der Waals surface area contributed by atoms with Crippen molar-refractivity contribution in [3.8, 4) is 0 Å². The largest absolute Gasteiger partial charge is 0.464 e. The molecule has 0 radical (unpaired) electrons. The van der Waals surface area contributed by atoms with Crippen molar-refractivity contribution in [1.29, 1.82) is 0 Å². The van der Waals surface area contributed by atoms with Crippen LogP contribution in [0.3, 0.4) is 0 Å². The minimum atomic E-state index is -1.30. The maximum atomic E-state index is 12.7. The SMILES string of the molecule is [2H]C(OC(=O)N[C@@H](CC1C=C(Br)NO1)C(=O)N[C@@H](CO)C(=O)OCC)c1ccccc1. The Bertz CT molecular complexity index is 796. The number of nitrogens with one attached hydrogen (secondary N) is 3. The van der Waals surface area contributed by atoms with E-state index in [-0.39, 0.29) is 13.0 Å². The van der Waals surface area contributed by atoms with Gasteiger partial charge in [0.15, 0.2) is 6.04 Å². The first-order chi connectivity index (χ1) is 14.8. The lowest BCUT2D eigenvalue weighted by atomic mass is 10.1.